The fourth-order valence-corrected chi connectivity index (χ4v) is 1.96. The van der Waals surface area contributed by atoms with Crippen molar-refractivity contribution in [3.63, 3.8) is 0 Å². The second-order valence-corrected chi connectivity index (χ2v) is 6.23. The minimum Gasteiger partial charge on any atom is -0.444 e. The van der Waals surface area contributed by atoms with Crippen molar-refractivity contribution in [3.05, 3.63) is 35.6 Å². The molecule has 0 fully saturated rings. The van der Waals surface area contributed by atoms with E-state index in [1.165, 1.54) is 6.07 Å². The molecule has 1 amide bonds. The number of rotatable bonds is 4. The summed E-state index contributed by atoms with van der Waals surface area (Å²) in [4.78, 5) is 23.2. The van der Waals surface area contributed by atoms with Gasteiger partial charge in [-0.3, -0.25) is 0 Å². The lowest BCUT2D eigenvalue weighted by Crippen LogP contribution is -2.50. The molecule has 0 aromatic heterocycles. The van der Waals surface area contributed by atoms with Crippen molar-refractivity contribution >= 4 is 12.4 Å². The highest BCUT2D eigenvalue weighted by Gasteiger charge is 2.38. The second kappa shape index (κ2) is 6.24. The maximum absolute atomic E-state index is 14.1. The number of benzene rings is 1. The highest BCUT2D eigenvalue weighted by Crippen LogP contribution is 2.30. The predicted molar refractivity (Wildman–Crippen MR) is 78.3 cm³/mol. The number of nitrogens with one attached hydrogen (secondary N) is 1. The van der Waals surface area contributed by atoms with Crippen LogP contribution in [0.4, 0.5) is 9.18 Å². The summed E-state index contributed by atoms with van der Waals surface area (Å²) in [6, 6.07) is 6.05. The summed E-state index contributed by atoms with van der Waals surface area (Å²) < 4.78 is 19.3. The SMILES string of the molecule is C[C@H](C=O)[C@](C)(NC(=O)OC(C)(C)C)c1ccccc1F. The Bertz CT molecular complexity index is 524. The van der Waals surface area contributed by atoms with Gasteiger partial charge in [0.05, 0.1) is 5.54 Å². The first kappa shape index (κ1) is 17.1. The molecule has 0 saturated carbocycles. The molecule has 2 atom stereocenters. The van der Waals surface area contributed by atoms with E-state index in [-0.39, 0.29) is 5.56 Å². The van der Waals surface area contributed by atoms with Crippen LogP contribution in [-0.4, -0.2) is 18.0 Å². The van der Waals surface area contributed by atoms with Crippen molar-refractivity contribution in [2.75, 3.05) is 0 Å². The number of alkyl carbamates (subject to hydrolysis) is 1. The van der Waals surface area contributed by atoms with Crippen LogP contribution in [0.25, 0.3) is 0 Å². The van der Waals surface area contributed by atoms with Gasteiger partial charge in [-0.25, -0.2) is 9.18 Å². The average molecular weight is 295 g/mol. The van der Waals surface area contributed by atoms with E-state index in [1.807, 2.05) is 0 Å². The van der Waals surface area contributed by atoms with Gasteiger partial charge >= 0.3 is 6.09 Å². The molecule has 0 aliphatic carbocycles. The van der Waals surface area contributed by atoms with E-state index in [9.17, 15) is 14.0 Å². The standard InChI is InChI=1S/C16H22FNO3/c1-11(10-19)16(5,12-8-6-7-9-13(12)17)18-14(20)21-15(2,3)4/h6-11H,1-5H3,(H,18,20)/t11-,16+/m1/s1. The molecule has 116 valence electrons. The van der Waals surface area contributed by atoms with Crippen LogP contribution in [0.5, 0.6) is 0 Å². The van der Waals surface area contributed by atoms with E-state index in [2.05, 4.69) is 5.32 Å². The van der Waals surface area contributed by atoms with Gasteiger partial charge in [0, 0.05) is 11.5 Å². The summed E-state index contributed by atoms with van der Waals surface area (Å²) in [5.41, 5.74) is -1.62. The Labute approximate surface area is 124 Å². The molecule has 1 N–H and O–H groups in total. The van der Waals surface area contributed by atoms with Crippen LogP contribution in [0.3, 0.4) is 0 Å². The molecule has 4 nitrogen and oxygen atoms in total. The van der Waals surface area contributed by atoms with Crippen LogP contribution in [0.1, 0.15) is 40.2 Å². The highest BCUT2D eigenvalue weighted by molar-refractivity contribution is 5.71. The molecule has 0 spiro atoms. The van der Waals surface area contributed by atoms with E-state index < -0.39 is 29.0 Å². The predicted octanol–water partition coefficient (Wildman–Crippen LogP) is 3.40. The van der Waals surface area contributed by atoms with E-state index in [0.717, 1.165) is 0 Å². The molecule has 1 rings (SSSR count). The molecule has 21 heavy (non-hydrogen) atoms. The molecule has 0 heterocycles. The van der Waals surface area contributed by atoms with Gasteiger partial charge in [-0.2, -0.15) is 0 Å². The number of carbonyl (C=O) groups excluding carboxylic acids is 2. The third-order valence-electron chi connectivity index (χ3n) is 3.31. The highest BCUT2D eigenvalue weighted by atomic mass is 19.1. The number of carbonyl (C=O) groups is 2. The van der Waals surface area contributed by atoms with E-state index in [1.54, 1.807) is 52.8 Å². The van der Waals surface area contributed by atoms with Crippen molar-refractivity contribution in [1.29, 1.82) is 0 Å². The lowest BCUT2D eigenvalue weighted by atomic mass is 9.81. The Morgan fingerprint density at radius 2 is 1.86 bits per heavy atom. The summed E-state index contributed by atoms with van der Waals surface area (Å²) in [7, 11) is 0. The van der Waals surface area contributed by atoms with Crippen LogP contribution in [-0.2, 0) is 15.1 Å². The Kier molecular flexibility index (Phi) is 5.10. The lowest BCUT2D eigenvalue weighted by molar-refractivity contribution is -0.112. The number of halogens is 1. The molecule has 0 bridgehead atoms. The third-order valence-corrected chi connectivity index (χ3v) is 3.31. The molecule has 0 radical (unpaired) electrons. The Morgan fingerprint density at radius 1 is 1.29 bits per heavy atom. The molecule has 1 aromatic rings. The number of amides is 1. The summed E-state index contributed by atoms with van der Waals surface area (Å²) in [6.07, 6.45) is -0.00830. The van der Waals surface area contributed by atoms with Gasteiger partial charge in [0.25, 0.3) is 0 Å². The zero-order valence-corrected chi connectivity index (χ0v) is 13.1. The van der Waals surface area contributed by atoms with Crippen molar-refractivity contribution in [2.24, 2.45) is 5.92 Å². The van der Waals surface area contributed by atoms with Crippen LogP contribution in [0, 0.1) is 11.7 Å². The largest absolute Gasteiger partial charge is 0.444 e. The Hall–Kier alpha value is -1.91. The Morgan fingerprint density at radius 3 is 2.33 bits per heavy atom. The average Bonchev–Trinajstić information content (AvgIpc) is 2.35. The summed E-state index contributed by atoms with van der Waals surface area (Å²) >= 11 is 0. The van der Waals surface area contributed by atoms with Crippen molar-refractivity contribution in [1.82, 2.24) is 5.32 Å². The lowest BCUT2D eigenvalue weighted by Gasteiger charge is -2.35. The van der Waals surface area contributed by atoms with Crippen LogP contribution in [0.2, 0.25) is 0 Å². The van der Waals surface area contributed by atoms with Crippen molar-refractivity contribution in [2.45, 2.75) is 45.8 Å². The molecule has 0 aliphatic rings. The monoisotopic (exact) mass is 295 g/mol. The molecular formula is C16H22FNO3. The van der Waals surface area contributed by atoms with Gasteiger partial charge in [-0.05, 0) is 33.8 Å². The van der Waals surface area contributed by atoms with Crippen LogP contribution < -0.4 is 5.32 Å². The number of hydrogen-bond acceptors (Lipinski definition) is 3. The van der Waals surface area contributed by atoms with Gasteiger partial charge in [-0.1, -0.05) is 25.1 Å². The number of aldehydes is 1. The zero-order valence-electron chi connectivity index (χ0n) is 13.1. The van der Waals surface area contributed by atoms with Crippen LogP contribution >= 0.6 is 0 Å². The number of hydrogen-bond donors (Lipinski definition) is 1. The van der Waals surface area contributed by atoms with Gasteiger partial charge < -0.3 is 14.8 Å². The van der Waals surface area contributed by atoms with E-state index >= 15 is 0 Å². The molecule has 0 aliphatic heterocycles. The van der Waals surface area contributed by atoms with Gasteiger partial charge in [-0.15, -0.1) is 0 Å². The van der Waals surface area contributed by atoms with Gasteiger partial charge in [0.1, 0.15) is 17.7 Å². The first-order valence-corrected chi connectivity index (χ1v) is 6.81. The molecule has 1 aromatic carbocycles. The fraction of sp³-hybridized carbons (Fsp3) is 0.500. The van der Waals surface area contributed by atoms with Crippen molar-refractivity contribution < 1.29 is 18.7 Å². The molecule has 5 heteroatoms. The minimum absolute atomic E-state index is 0.246. The number of ether oxygens (including phenoxy) is 1. The topological polar surface area (TPSA) is 55.4 Å². The molecule has 0 saturated heterocycles. The quantitative estimate of drug-likeness (QED) is 0.866. The van der Waals surface area contributed by atoms with Crippen molar-refractivity contribution in [3.8, 4) is 0 Å². The normalized spacial score (nSPS) is 15.7. The van der Waals surface area contributed by atoms with E-state index in [4.69, 9.17) is 4.74 Å². The molecular weight excluding hydrogens is 273 g/mol. The maximum Gasteiger partial charge on any atom is 0.408 e. The molecule has 0 unspecified atom stereocenters. The maximum atomic E-state index is 14.1. The first-order chi connectivity index (χ1) is 9.60. The van der Waals surface area contributed by atoms with Crippen LogP contribution in [0.15, 0.2) is 24.3 Å². The van der Waals surface area contributed by atoms with Gasteiger partial charge in [0.2, 0.25) is 0 Å². The zero-order chi connectivity index (χ0) is 16.3. The first-order valence-electron chi connectivity index (χ1n) is 6.81. The smallest absolute Gasteiger partial charge is 0.408 e. The summed E-state index contributed by atoms with van der Waals surface area (Å²) in [5.74, 6) is -1.10. The Balaban J connectivity index is 3.14. The van der Waals surface area contributed by atoms with E-state index in [0.29, 0.717) is 6.29 Å². The fourth-order valence-electron chi connectivity index (χ4n) is 1.96. The summed E-state index contributed by atoms with van der Waals surface area (Å²) in [6.45, 7) is 8.42. The second-order valence-electron chi connectivity index (χ2n) is 6.23. The third kappa shape index (κ3) is 4.28. The summed E-state index contributed by atoms with van der Waals surface area (Å²) in [5, 5.41) is 2.63. The minimum atomic E-state index is -1.19. The van der Waals surface area contributed by atoms with Gasteiger partial charge in [0.15, 0.2) is 0 Å².